The first kappa shape index (κ1) is 28.4. The number of anilines is 1. The first-order valence-corrected chi connectivity index (χ1v) is 10.7. The quantitative estimate of drug-likeness (QED) is 0.368. The maximum absolute atomic E-state index is 12.0. The van der Waals surface area contributed by atoms with E-state index >= 15 is 0 Å². The van der Waals surface area contributed by atoms with Crippen molar-refractivity contribution in [2.45, 2.75) is 33.4 Å². The van der Waals surface area contributed by atoms with E-state index in [1.807, 2.05) is 30.6 Å². The van der Waals surface area contributed by atoms with Crippen LogP contribution in [-0.4, -0.2) is 4.98 Å². The van der Waals surface area contributed by atoms with E-state index in [0.717, 1.165) is 29.9 Å². The number of aryl methyl sites for hydroxylation is 1. The van der Waals surface area contributed by atoms with Gasteiger partial charge < -0.3 is 5.32 Å². The van der Waals surface area contributed by atoms with E-state index in [4.69, 9.17) is 0 Å². The number of hydrogen-bond donors (Lipinski definition) is 1. The predicted molar refractivity (Wildman–Crippen MR) is 138 cm³/mol. The van der Waals surface area contributed by atoms with Crippen LogP contribution >= 0.6 is 0 Å². The van der Waals surface area contributed by atoms with Crippen LogP contribution in [0.25, 0.3) is 0 Å². The van der Waals surface area contributed by atoms with Gasteiger partial charge in [0.05, 0.1) is 5.56 Å². The molecule has 0 unspecified atom stereocenters. The molecule has 1 heterocycles. The zero-order valence-corrected chi connectivity index (χ0v) is 20.1. The summed E-state index contributed by atoms with van der Waals surface area (Å²) < 4.78 is 35.9. The van der Waals surface area contributed by atoms with Gasteiger partial charge in [0.25, 0.3) is 0 Å². The fourth-order valence-corrected chi connectivity index (χ4v) is 2.72. The van der Waals surface area contributed by atoms with E-state index < -0.39 is 11.7 Å². The molecule has 0 aliphatic carbocycles. The molecule has 0 saturated carbocycles. The molecule has 0 bridgehead atoms. The minimum Gasteiger partial charge on any atom is -0.359 e. The molecule has 34 heavy (non-hydrogen) atoms. The van der Waals surface area contributed by atoms with Crippen LogP contribution in [0.1, 0.15) is 36.1 Å². The molecule has 3 aromatic rings. The van der Waals surface area contributed by atoms with Gasteiger partial charge in [0.2, 0.25) is 0 Å². The summed E-state index contributed by atoms with van der Waals surface area (Å²) in [5.74, 6) is 0. The van der Waals surface area contributed by atoms with Crippen LogP contribution in [0, 0.1) is 12.3 Å². The van der Waals surface area contributed by atoms with Gasteiger partial charge in [-0.15, -0.1) is 19.7 Å². The van der Waals surface area contributed by atoms with E-state index in [1.54, 1.807) is 13.0 Å². The summed E-state index contributed by atoms with van der Waals surface area (Å²) in [6.45, 7) is 19.8. The molecule has 2 aromatic carbocycles. The van der Waals surface area contributed by atoms with Gasteiger partial charge in [-0.05, 0) is 54.8 Å². The highest BCUT2D eigenvalue weighted by molar-refractivity contribution is 5.50. The second-order valence-electron chi connectivity index (χ2n) is 8.13. The fraction of sp³-hybridized carbons (Fsp3) is 0.207. The van der Waals surface area contributed by atoms with E-state index in [9.17, 15) is 13.2 Å². The third-order valence-corrected chi connectivity index (χ3v) is 5.04. The molecule has 0 amide bonds. The van der Waals surface area contributed by atoms with Crippen molar-refractivity contribution < 1.29 is 13.2 Å². The minimum atomic E-state index is -4.22. The SMILES string of the molecule is C=C.C=CC(C)(C)C(=C)Nc1ccc(Cc2ccncc2)cc1.Cc1cccc(C(F)(F)F)c1. The van der Waals surface area contributed by atoms with Crippen LogP contribution < -0.4 is 5.32 Å². The Bertz CT molecular complexity index is 1040. The monoisotopic (exact) mass is 466 g/mol. The lowest BCUT2D eigenvalue weighted by atomic mass is 9.90. The van der Waals surface area contributed by atoms with Gasteiger partial charge in [0.1, 0.15) is 0 Å². The number of benzene rings is 2. The number of pyridine rings is 1. The molecule has 2 nitrogen and oxygen atoms in total. The van der Waals surface area contributed by atoms with Crippen LogP contribution in [0.4, 0.5) is 18.9 Å². The zero-order chi connectivity index (χ0) is 25.8. The van der Waals surface area contributed by atoms with Crippen molar-refractivity contribution in [2.75, 3.05) is 5.32 Å². The average Bonchev–Trinajstić information content (AvgIpc) is 2.82. The Hall–Kier alpha value is -3.60. The lowest BCUT2D eigenvalue weighted by molar-refractivity contribution is -0.137. The predicted octanol–water partition coefficient (Wildman–Crippen LogP) is 8.63. The van der Waals surface area contributed by atoms with E-state index in [1.165, 1.54) is 17.2 Å². The van der Waals surface area contributed by atoms with Crippen LogP contribution in [0.15, 0.2) is 111 Å². The Morgan fingerprint density at radius 1 is 0.941 bits per heavy atom. The van der Waals surface area contributed by atoms with Gasteiger partial charge >= 0.3 is 6.18 Å². The highest BCUT2D eigenvalue weighted by atomic mass is 19.4. The van der Waals surface area contributed by atoms with E-state index in [2.05, 4.69) is 74.7 Å². The molecular weight excluding hydrogens is 433 g/mol. The highest BCUT2D eigenvalue weighted by Crippen LogP contribution is 2.29. The summed E-state index contributed by atoms with van der Waals surface area (Å²) in [6.07, 6.45) is 2.26. The Balaban J connectivity index is 0.000000374. The molecule has 180 valence electrons. The lowest BCUT2D eigenvalue weighted by Crippen LogP contribution is -2.16. The summed E-state index contributed by atoms with van der Waals surface area (Å²) in [6, 6.07) is 17.7. The van der Waals surface area contributed by atoms with Crippen molar-refractivity contribution in [3.05, 3.63) is 133 Å². The number of allylic oxidation sites excluding steroid dienone is 1. The fourth-order valence-electron chi connectivity index (χ4n) is 2.72. The smallest absolute Gasteiger partial charge is 0.359 e. The summed E-state index contributed by atoms with van der Waals surface area (Å²) in [4.78, 5) is 4.04. The number of halogens is 3. The highest BCUT2D eigenvalue weighted by Gasteiger charge is 2.29. The first-order valence-electron chi connectivity index (χ1n) is 10.7. The number of rotatable bonds is 6. The second kappa shape index (κ2) is 13.2. The van der Waals surface area contributed by atoms with Gasteiger partial charge in [0.15, 0.2) is 0 Å². The molecule has 0 radical (unpaired) electrons. The molecular formula is C29H33F3N2. The van der Waals surface area contributed by atoms with Gasteiger partial charge in [-0.2, -0.15) is 13.2 Å². The molecule has 3 rings (SSSR count). The zero-order valence-electron chi connectivity index (χ0n) is 20.1. The number of hydrogen-bond acceptors (Lipinski definition) is 2. The van der Waals surface area contributed by atoms with Crippen molar-refractivity contribution in [2.24, 2.45) is 5.41 Å². The van der Waals surface area contributed by atoms with Gasteiger partial charge in [-0.3, -0.25) is 4.98 Å². The molecule has 0 atom stereocenters. The Morgan fingerprint density at radius 3 is 1.97 bits per heavy atom. The molecule has 1 aromatic heterocycles. The molecule has 0 saturated heterocycles. The lowest BCUT2D eigenvalue weighted by Gasteiger charge is -2.24. The van der Waals surface area contributed by atoms with Crippen molar-refractivity contribution in [1.82, 2.24) is 4.98 Å². The largest absolute Gasteiger partial charge is 0.416 e. The number of alkyl halides is 3. The number of nitrogens with one attached hydrogen (secondary N) is 1. The number of aromatic nitrogens is 1. The Morgan fingerprint density at radius 2 is 1.50 bits per heavy atom. The molecule has 0 aliphatic rings. The Kier molecular flexibility index (Phi) is 11.0. The van der Waals surface area contributed by atoms with Crippen LogP contribution in [0.5, 0.6) is 0 Å². The molecule has 0 spiro atoms. The normalized spacial score (nSPS) is 10.6. The summed E-state index contributed by atoms with van der Waals surface area (Å²) in [7, 11) is 0. The third kappa shape index (κ3) is 9.49. The standard InChI is InChI=1S/C19H22N2.C8H7F3.C2H4/c1-5-19(3,4)15(2)21-18-8-6-16(7-9-18)14-17-10-12-20-13-11-17;1-6-3-2-4-7(5-6)8(9,10)11;1-2/h5-13,21H,1-2,14H2,3-4H3;2-5H,1H3;1-2H2. The topological polar surface area (TPSA) is 24.9 Å². The first-order chi connectivity index (χ1) is 16.0. The molecule has 0 aliphatic heterocycles. The van der Waals surface area contributed by atoms with Gasteiger partial charge in [-0.1, -0.05) is 62.4 Å². The third-order valence-electron chi connectivity index (χ3n) is 5.04. The maximum Gasteiger partial charge on any atom is 0.416 e. The summed E-state index contributed by atoms with van der Waals surface area (Å²) >= 11 is 0. The average molecular weight is 467 g/mol. The second-order valence-corrected chi connectivity index (χ2v) is 8.13. The summed E-state index contributed by atoms with van der Waals surface area (Å²) in [5, 5.41) is 3.35. The number of nitrogens with zero attached hydrogens (tertiary/aromatic N) is 1. The van der Waals surface area contributed by atoms with Crippen molar-refractivity contribution in [1.29, 1.82) is 0 Å². The summed E-state index contributed by atoms with van der Waals surface area (Å²) in [5.41, 5.74) is 4.45. The minimum absolute atomic E-state index is 0.129. The van der Waals surface area contributed by atoms with Crippen molar-refractivity contribution in [3.8, 4) is 0 Å². The van der Waals surface area contributed by atoms with Crippen LogP contribution in [0.3, 0.4) is 0 Å². The van der Waals surface area contributed by atoms with E-state index in [0.29, 0.717) is 5.56 Å². The van der Waals surface area contributed by atoms with Crippen molar-refractivity contribution in [3.63, 3.8) is 0 Å². The molecule has 0 fully saturated rings. The van der Waals surface area contributed by atoms with Gasteiger partial charge in [-0.25, -0.2) is 0 Å². The van der Waals surface area contributed by atoms with Crippen LogP contribution in [-0.2, 0) is 12.6 Å². The van der Waals surface area contributed by atoms with Gasteiger partial charge in [0, 0.05) is 29.2 Å². The van der Waals surface area contributed by atoms with Crippen LogP contribution in [0.2, 0.25) is 0 Å². The molecule has 1 N–H and O–H groups in total. The van der Waals surface area contributed by atoms with Crippen molar-refractivity contribution >= 4 is 5.69 Å². The molecule has 5 heteroatoms. The van der Waals surface area contributed by atoms with E-state index in [-0.39, 0.29) is 5.41 Å². The Labute approximate surface area is 201 Å². The maximum atomic E-state index is 12.0.